The molecule has 8 heteroatoms. The van der Waals surface area contributed by atoms with E-state index in [0.29, 0.717) is 17.2 Å². The molecule has 0 saturated heterocycles. The van der Waals surface area contributed by atoms with E-state index in [1.165, 1.54) is 12.1 Å². The molecule has 3 aromatic carbocycles. The van der Waals surface area contributed by atoms with Gasteiger partial charge in [0.2, 0.25) is 5.91 Å². The Morgan fingerprint density at radius 3 is 2.15 bits per heavy atom. The number of rotatable bonds is 10. The summed E-state index contributed by atoms with van der Waals surface area (Å²) in [5.74, 6) is 0.730. The van der Waals surface area contributed by atoms with Crippen molar-refractivity contribution in [3.63, 3.8) is 0 Å². The van der Waals surface area contributed by atoms with Crippen LogP contribution in [0.15, 0.2) is 77.7 Å². The Balaban J connectivity index is 1.72. The molecule has 3 rings (SSSR count). The molecule has 0 aliphatic heterocycles. The second-order valence-electron chi connectivity index (χ2n) is 7.52. The lowest BCUT2D eigenvalue weighted by Gasteiger charge is -2.25. The van der Waals surface area contributed by atoms with Crippen LogP contribution in [0.5, 0.6) is 11.5 Å². The molecule has 0 radical (unpaired) electrons. The van der Waals surface area contributed by atoms with Gasteiger partial charge in [-0.05, 0) is 61.4 Å². The number of methoxy groups -OCH3 is 1. The summed E-state index contributed by atoms with van der Waals surface area (Å²) in [6.45, 7) is 3.84. The van der Waals surface area contributed by atoms with Gasteiger partial charge in [0.25, 0.3) is 10.0 Å². The van der Waals surface area contributed by atoms with Crippen LogP contribution in [-0.2, 0) is 14.8 Å². The fourth-order valence-corrected chi connectivity index (χ4v) is 4.83. The normalized spacial score (nSPS) is 11.0. The molecule has 0 aromatic heterocycles. The Labute approximate surface area is 195 Å². The van der Waals surface area contributed by atoms with Crippen molar-refractivity contribution in [3.8, 4) is 11.5 Å². The van der Waals surface area contributed by atoms with Gasteiger partial charge in [0.05, 0.1) is 24.2 Å². The molecule has 1 N–H and O–H groups in total. The minimum absolute atomic E-state index is 0.122. The van der Waals surface area contributed by atoms with Crippen molar-refractivity contribution in [2.75, 3.05) is 31.1 Å². The fourth-order valence-electron chi connectivity index (χ4n) is 3.41. The van der Waals surface area contributed by atoms with Crippen LogP contribution in [0.2, 0.25) is 0 Å². The lowest BCUT2D eigenvalue weighted by Crippen LogP contribution is -2.42. The van der Waals surface area contributed by atoms with E-state index in [4.69, 9.17) is 9.47 Å². The van der Waals surface area contributed by atoms with Crippen molar-refractivity contribution < 1.29 is 22.7 Å². The summed E-state index contributed by atoms with van der Waals surface area (Å²) in [6, 6.07) is 20.8. The van der Waals surface area contributed by atoms with Crippen molar-refractivity contribution in [1.82, 2.24) is 5.32 Å². The Morgan fingerprint density at radius 2 is 1.52 bits per heavy atom. The molecule has 0 atom stereocenters. The van der Waals surface area contributed by atoms with E-state index in [-0.39, 0.29) is 24.6 Å². The molecule has 0 aliphatic carbocycles. The number of nitrogens with one attached hydrogen (secondary N) is 1. The van der Waals surface area contributed by atoms with Crippen LogP contribution in [0.25, 0.3) is 0 Å². The number of para-hydroxylation sites is 2. The van der Waals surface area contributed by atoms with Crippen molar-refractivity contribution in [2.24, 2.45) is 0 Å². The summed E-state index contributed by atoms with van der Waals surface area (Å²) < 4.78 is 38.8. The number of anilines is 1. The molecule has 0 spiro atoms. The van der Waals surface area contributed by atoms with Crippen molar-refractivity contribution in [1.29, 1.82) is 0 Å². The van der Waals surface area contributed by atoms with Gasteiger partial charge in [-0.2, -0.15) is 0 Å². The standard InChI is InChI=1S/C25H28N2O5S/c1-19-15-20(2)17-21(16-19)27(33(29,30)22-9-5-4-6-10-22)18-25(28)26-13-14-32-24-12-8-7-11-23(24)31-3/h4-12,15-17H,13-14,18H2,1-3H3,(H,26,28). The third kappa shape index (κ3) is 6.26. The summed E-state index contributed by atoms with van der Waals surface area (Å²) in [6.07, 6.45) is 0. The zero-order valence-electron chi connectivity index (χ0n) is 18.9. The lowest BCUT2D eigenvalue weighted by atomic mass is 10.1. The molecule has 0 unspecified atom stereocenters. The zero-order chi connectivity index (χ0) is 23.8. The van der Waals surface area contributed by atoms with E-state index < -0.39 is 15.9 Å². The fraction of sp³-hybridized carbons (Fsp3) is 0.240. The van der Waals surface area contributed by atoms with Crippen LogP contribution < -0.4 is 19.1 Å². The Kier molecular flexibility index (Phi) is 7.95. The second kappa shape index (κ2) is 10.9. The summed E-state index contributed by atoms with van der Waals surface area (Å²) in [5.41, 5.74) is 2.25. The van der Waals surface area contributed by atoms with Gasteiger partial charge in [-0.15, -0.1) is 0 Å². The number of carbonyl (C=O) groups excluding carboxylic acids is 1. The van der Waals surface area contributed by atoms with Gasteiger partial charge in [0, 0.05) is 0 Å². The van der Waals surface area contributed by atoms with Gasteiger partial charge in [-0.25, -0.2) is 8.42 Å². The van der Waals surface area contributed by atoms with Crippen LogP contribution in [0.1, 0.15) is 11.1 Å². The van der Waals surface area contributed by atoms with Gasteiger partial charge in [-0.3, -0.25) is 9.10 Å². The van der Waals surface area contributed by atoms with Crippen molar-refractivity contribution >= 4 is 21.6 Å². The smallest absolute Gasteiger partial charge is 0.264 e. The van der Waals surface area contributed by atoms with Crippen molar-refractivity contribution in [2.45, 2.75) is 18.7 Å². The number of hydrogen-bond donors (Lipinski definition) is 1. The highest BCUT2D eigenvalue weighted by atomic mass is 32.2. The van der Waals surface area contributed by atoms with Crippen molar-refractivity contribution in [3.05, 3.63) is 83.9 Å². The first-order valence-corrected chi connectivity index (χ1v) is 11.9. The minimum atomic E-state index is -3.94. The maximum atomic E-state index is 13.4. The summed E-state index contributed by atoms with van der Waals surface area (Å²) in [4.78, 5) is 12.8. The lowest BCUT2D eigenvalue weighted by molar-refractivity contribution is -0.119. The number of amides is 1. The number of ether oxygens (including phenoxy) is 2. The Bertz CT molecular complexity index is 1180. The second-order valence-corrected chi connectivity index (χ2v) is 9.38. The molecule has 1 amide bonds. The third-order valence-corrected chi connectivity index (χ3v) is 6.65. The quantitative estimate of drug-likeness (QED) is 0.459. The summed E-state index contributed by atoms with van der Waals surface area (Å²) >= 11 is 0. The molecule has 0 fully saturated rings. The number of hydrogen-bond acceptors (Lipinski definition) is 5. The first kappa shape index (κ1) is 24.1. The third-order valence-electron chi connectivity index (χ3n) is 4.86. The first-order valence-electron chi connectivity index (χ1n) is 10.5. The summed E-state index contributed by atoms with van der Waals surface area (Å²) in [7, 11) is -2.39. The number of aryl methyl sites for hydroxylation is 2. The first-order chi connectivity index (χ1) is 15.8. The van der Waals surface area contributed by atoms with E-state index in [9.17, 15) is 13.2 Å². The van der Waals surface area contributed by atoms with Gasteiger partial charge >= 0.3 is 0 Å². The number of carbonyl (C=O) groups is 1. The predicted octanol–water partition coefficient (Wildman–Crippen LogP) is 3.70. The average Bonchev–Trinajstić information content (AvgIpc) is 2.80. The highest BCUT2D eigenvalue weighted by Crippen LogP contribution is 2.26. The zero-order valence-corrected chi connectivity index (χ0v) is 19.8. The van der Waals surface area contributed by atoms with E-state index in [1.807, 2.05) is 32.0 Å². The highest BCUT2D eigenvalue weighted by molar-refractivity contribution is 7.92. The maximum Gasteiger partial charge on any atom is 0.264 e. The van der Waals surface area contributed by atoms with Crippen LogP contribution >= 0.6 is 0 Å². The topological polar surface area (TPSA) is 84.9 Å². The largest absolute Gasteiger partial charge is 0.493 e. The molecule has 0 bridgehead atoms. The van der Waals surface area contributed by atoms with Gasteiger partial charge in [0.1, 0.15) is 13.2 Å². The molecule has 0 saturated carbocycles. The molecule has 0 aliphatic rings. The Hall–Kier alpha value is -3.52. The number of benzene rings is 3. The maximum absolute atomic E-state index is 13.4. The van der Waals surface area contributed by atoms with E-state index >= 15 is 0 Å². The minimum Gasteiger partial charge on any atom is -0.493 e. The molecule has 174 valence electrons. The monoisotopic (exact) mass is 468 g/mol. The van der Waals surface area contributed by atoms with Gasteiger partial charge in [0.15, 0.2) is 11.5 Å². The van der Waals surface area contributed by atoms with Gasteiger partial charge in [-0.1, -0.05) is 36.4 Å². The molecule has 0 heterocycles. The molecule has 33 heavy (non-hydrogen) atoms. The SMILES string of the molecule is COc1ccccc1OCCNC(=O)CN(c1cc(C)cc(C)c1)S(=O)(=O)c1ccccc1. The van der Waals surface area contributed by atoms with E-state index in [0.717, 1.165) is 15.4 Å². The predicted molar refractivity (Wildman–Crippen MR) is 128 cm³/mol. The van der Waals surface area contributed by atoms with E-state index in [1.54, 1.807) is 49.6 Å². The van der Waals surface area contributed by atoms with Gasteiger partial charge < -0.3 is 14.8 Å². The number of sulfonamides is 1. The van der Waals surface area contributed by atoms with Crippen LogP contribution in [0, 0.1) is 13.8 Å². The average molecular weight is 469 g/mol. The Morgan fingerprint density at radius 1 is 0.909 bits per heavy atom. The number of nitrogens with zero attached hydrogens (tertiary/aromatic N) is 1. The van der Waals surface area contributed by atoms with Crippen LogP contribution in [-0.4, -0.2) is 41.1 Å². The molecule has 7 nitrogen and oxygen atoms in total. The highest BCUT2D eigenvalue weighted by Gasteiger charge is 2.27. The molecular weight excluding hydrogens is 440 g/mol. The molecule has 3 aromatic rings. The molecular formula is C25H28N2O5S. The van der Waals surface area contributed by atoms with Crippen LogP contribution in [0.3, 0.4) is 0 Å². The van der Waals surface area contributed by atoms with E-state index in [2.05, 4.69) is 5.32 Å². The van der Waals surface area contributed by atoms with Crippen LogP contribution in [0.4, 0.5) is 5.69 Å². The summed E-state index contributed by atoms with van der Waals surface area (Å²) in [5, 5.41) is 2.73.